The molecule has 1 heterocycles. The highest BCUT2D eigenvalue weighted by Gasteiger charge is 2.01. The molecular formula is C14H16N2O. The Labute approximate surface area is 101 Å². The highest BCUT2D eigenvalue weighted by Crippen LogP contribution is 2.24. The van der Waals surface area contributed by atoms with Crippen molar-refractivity contribution in [2.75, 3.05) is 7.05 Å². The van der Waals surface area contributed by atoms with E-state index in [9.17, 15) is 0 Å². The summed E-state index contributed by atoms with van der Waals surface area (Å²) in [6, 6.07) is 9.94. The molecule has 17 heavy (non-hydrogen) atoms. The summed E-state index contributed by atoms with van der Waals surface area (Å²) >= 11 is 0. The average Bonchev–Trinajstić information content (AvgIpc) is 2.33. The molecule has 3 nitrogen and oxygen atoms in total. The lowest BCUT2D eigenvalue weighted by Crippen LogP contribution is -2.04. The second kappa shape index (κ2) is 5.46. The third-order valence-electron chi connectivity index (χ3n) is 2.48. The summed E-state index contributed by atoms with van der Waals surface area (Å²) in [6.07, 6.45) is 3.53. The van der Waals surface area contributed by atoms with Crippen LogP contribution in [0.3, 0.4) is 0 Å². The minimum atomic E-state index is 0.840. The maximum Gasteiger partial charge on any atom is 0.133 e. The van der Waals surface area contributed by atoms with Crippen molar-refractivity contribution in [1.82, 2.24) is 10.3 Å². The van der Waals surface area contributed by atoms with Crippen LogP contribution in [0.1, 0.15) is 11.1 Å². The summed E-state index contributed by atoms with van der Waals surface area (Å²) in [5, 5.41) is 3.12. The SMILES string of the molecule is CNCc1cccc(Oc2ccncc2C)c1. The Morgan fingerprint density at radius 3 is 2.94 bits per heavy atom. The molecule has 1 aromatic heterocycles. The summed E-state index contributed by atoms with van der Waals surface area (Å²) in [5.74, 6) is 1.70. The van der Waals surface area contributed by atoms with Gasteiger partial charge >= 0.3 is 0 Å². The largest absolute Gasteiger partial charge is 0.457 e. The lowest BCUT2D eigenvalue weighted by atomic mass is 10.2. The van der Waals surface area contributed by atoms with Crippen LogP contribution in [0.2, 0.25) is 0 Å². The van der Waals surface area contributed by atoms with Crippen molar-refractivity contribution < 1.29 is 4.74 Å². The van der Waals surface area contributed by atoms with E-state index < -0.39 is 0 Å². The standard InChI is InChI=1S/C14H16N2O/c1-11-9-16-7-6-14(11)17-13-5-3-4-12(8-13)10-15-2/h3-9,15H,10H2,1-2H3. The van der Waals surface area contributed by atoms with E-state index in [4.69, 9.17) is 4.74 Å². The molecule has 0 saturated heterocycles. The van der Waals surface area contributed by atoms with Gasteiger partial charge in [-0.15, -0.1) is 0 Å². The number of benzene rings is 1. The number of nitrogens with one attached hydrogen (secondary N) is 1. The highest BCUT2D eigenvalue weighted by atomic mass is 16.5. The lowest BCUT2D eigenvalue weighted by molar-refractivity contribution is 0.477. The molecule has 0 saturated carbocycles. The Balaban J connectivity index is 2.18. The van der Waals surface area contributed by atoms with Crippen LogP contribution in [-0.4, -0.2) is 12.0 Å². The third-order valence-corrected chi connectivity index (χ3v) is 2.48. The summed E-state index contributed by atoms with van der Waals surface area (Å²) < 4.78 is 5.83. The Kier molecular flexibility index (Phi) is 3.73. The topological polar surface area (TPSA) is 34.1 Å². The van der Waals surface area contributed by atoms with Crippen LogP contribution in [0.4, 0.5) is 0 Å². The number of pyridine rings is 1. The lowest BCUT2D eigenvalue weighted by Gasteiger charge is -2.09. The van der Waals surface area contributed by atoms with E-state index in [-0.39, 0.29) is 0 Å². The molecule has 0 bridgehead atoms. The molecule has 88 valence electrons. The highest BCUT2D eigenvalue weighted by molar-refractivity contribution is 5.36. The van der Waals surface area contributed by atoms with Gasteiger partial charge in [-0.2, -0.15) is 0 Å². The Morgan fingerprint density at radius 2 is 2.18 bits per heavy atom. The number of nitrogens with zero attached hydrogens (tertiary/aromatic N) is 1. The van der Waals surface area contributed by atoms with Crippen molar-refractivity contribution in [1.29, 1.82) is 0 Å². The van der Waals surface area contributed by atoms with Gasteiger partial charge in [-0.1, -0.05) is 12.1 Å². The van der Waals surface area contributed by atoms with E-state index in [0.29, 0.717) is 0 Å². The molecule has 1 aromatic carbocycles. The number of hydrogen-bond donors (Lipinski definition) is 1. The quantitative estimate of drug-likeness (QED) is 0.873. The van der Waals surface area contributed by atoms with Crippen LogP contribution in [0.15, 0.2) is 42.7 Å². The summed E-state index contributed by atoms with van der Waals surface area (Å²) in [5.41, 5.74) is 2.24. The van der Waals surface area contributed by atoms with Gasteiger partial charge in [0.05, 0.1) is 0 Å². The predicted octanol–water partition coefficient (Wildman–Crippen LogP) is 2.90. The zero-order valence-electron chi connectivity index (χ0n) is 10.1. The minimum absolute atomic E-state index is 0.840. The monoisotopic (exact) mass is 228 g/mol. The van der Waals surface area contributed by atoms with Gasteiger partial charge in [-0.25, -0.2) is 0 Å². The molecule has 0 unspecified atom stereocenters. The molecule has 0 amide bonds. The van der Waals surface area contributed by atoms with E-state index in [2.05, 4.69) is 16.4 Å². The van der Waals surface area contributed by atoms with Crippen molar-refractivity contribution in [3.05, 3.63) is 53.9 Å². The van der Waals surface area contributed by atoms with E-state index in [0.717, 1.165) is 23.6 Å². The number of hydrogen-bond acceptors (Lipinski definition) is 3. The van der Waals surface area contributed by atoms with Gasteiger partial charge in [-0.3, -0.25) is 4.98 Å². The molecule has 0 atom stereocenters. The molecule has 1 N–H and O–H groups in total. The van der Waals surface area contributed by atoms with Crippen molar-refractivity contribution >= 4 is 0 Å². The van der Waals surface area contributed by atoms with Crippen molar-refractivity contribution in [3.63, 3.8) is 0 Å². The van der Waals surface area contributed by atoms with Gasteiger partial charge in [0.15, 0.2) is 0 Å². The minimum Gasteiger partial charge on any atom is -0.457 e. The van der Waals surface area contributed by atoms with Crippen LogP contribution < -0.4 is 10.1 Å². The van der Waals surface area contributed by atoms with Gasteiger partial charge in [0.1, 0.15) is 11.5 Å². The zero-order valence-corrected chi connectivity index (χ0v) is 10.1. The second-order valence-corrected chi connectivity index (χ2v) is 3.92. The van der Waals surface area contributed by atoms with E-state index in [1.165, 1.54) is 5.56 Å². The first kappa shape index (κ1) is 11.6. The molecule has 2 rings (SSSR count). The molecule has 0 aliphatic heterocycles. The Hall–Kier alpha value is -1.87. The Morgan fingerprint density at radius 1 is 1.29 bits per heavy atom. The maximum atomic E-state index is 5.83. The van der Waals surface area contributed by atoms with Gasteiger partial charge in [0, 0.05) is 24.5 Å². The molecule has 0 spiro atoms. The normalized spacial score (nSPS) is 10.2. The number of rotatable bonds is 4. The van der Waals surface area contributed by atoms with Crippen LogP contribution in [-0.2, 0) is 6.54 Å². The molecule has 0 aliphatic carbocycles. The fraction of sp³-hybridized carbons (Fsp3) is 0.214. The molecule has 3 heteroatoms. The van der Waals surface area contributed by atoms with Gasteiger partial charge in [0.2, 0.25) is 0 Å². The molecule has 0 radical (unpaired) electrons. The van der Waals surface area contributed by atoms with E-state index >= 15 is 0 Å². The van der Waals surface area contributed by atoms with Crippen LogP contribution >= 0.6 is 0 Å². The third kappa shape index (κ3) is 3.04. The van der Waals surface area contributed by atoms with Crippen molar-refractivity contribution in [3.8, 4) is 11.5 Å². The van der Waals surface area contributed by atoms with Crippen LogP contribution in [0.25, 0.3) is 0 Å². The molecule has 2 aromatic rings. The molecular weight excluding hydrogens is 212 g/mol. The second-order valence-electron chi connectivity index (χ2n) is 3.92. The summed E-state index contributed by atoms with van der Waals surface area (Å²) in [7, 11) is 1.93. The average molecular weight is 228 g/mol. The summed E-state index contributed by atoms with van der Waals surface area (Å²) in [4.78, 5) is 4.04. The van der Waals surface area contributed by atoms with Gasteiger partial charge in [-0.05, 0) is 37.7 Å². The first-order valence-electron chi connectivity index (χ1n) is 5.61. The van der Waals surface area contributed by atoms with Gasteiger partial charge in [0.25, 0.3) is 0 Å². The fourth-order valence-electron chi connectivity index (χ4n) is 1.63. The smallest absolute Gasteiger partial charge is 0.133 e. The number of aromatic nitrogens is 1. The maximum absolute atomic E-state index is 5.83. The summed E-state index contributed by atoms with van der Waals surface area (Å²) in [6.45, 7) is 2.83. The van der Waals surface area contributed by atoms with Gasteiger partial charge < -0.3 is 10.1 Å². The van der Waals surface area contributed by atoms with Crippen LogP contribution in [0.5, 0.6) is 11.5 Å². The first-order valence-corrected chi connectivity index (χ1v) is 5.61. The van der Waals surface area contributed by atoms with E-state index in [1.807, 2.05) is 38.2 Å². The molecule has 0 aliphatic rings. The fourth-order valence-corrected chi connectivity index (χ4v) is 1.63. The zero-order chi connectivity index (χ0) is 12.1. The Bertz CT molecular complexity index is 497. The predicted molar refractivity (Wildman–Crippen MR) is 68.3 cm³/mol. The van der Waals surface area contributed by atoms with E-state index in [1.54, 1.807) is 12.4 Å². The van der Waals surface area contributed by atoms with Crippen LogP contribution in [0, 0.1) is 6.92 Å². The van der Waals surface area contributed by atoms with Crippen molar-refractivity contribution in [2.24, 2.45) is 0 Å². The van der Waals surface area contributed by atoms with Crippen molar-refractivity contribution in [2.45, 2.75) is 13.5 Å². The number of ether oxygens (including phenoxy) is 1. The number of aryl methyl sites for hydroxylation is 1. The molecule has 0 fully saturated rings. The first-order chi connectivity index (χ1) is 8.29.